The van der Waals surface area contributed by atoms with Crippen LogP contribution in [0.2, 0.25) is 0 Å². The van der Waals surface area contributed by atoms with Crippen molar-refractivity contribution < 1.29 is 13.2 Å². The van der Waals surface area contributed by atoms with E-state index in [-0.39, 0.29) is 10.6 Å². The molecule has 0 saturated heterocycles. The third kappa shape index (κ3) is 3.89. The topological polar surface area (TPSA) is 81.4 Å². The van der Waals surface area contributed by atoms with Crippen LogP contribution in [0.1, 0.15) is 32.6 Å². The van der Waals surface area contributed by atoms with Crippen molar-refractivity contribution in [3.63, 3.8) is 0 Å². The van der Waals surface area contributed by atoms with E-state index in [2.05, 4.69) is 11.6 Å². The molecule has 0 radical (unpaired) electrons. The second-order valence-corrected chi connectivity index (χ2v) is 7.52. The highest BCUT2D eigenvalue weighted by Gasteiger charge is 2.25. The molecule has 0 amide bonds. The third-order valence-corrected chi connectivity index (χ3v) is 5.76. The Hall–Kier alpha value is -1.27. The molecule has 1 aliphatic carbocycles. The quantitative estimate of drug-likeness (QED) is 0.818. The Bertz CT molecular complexity index is 587. The lowest BCUT2D eigenvalue weighted by atomic mass is 9.81. The van der Waals surface area contributed by atoms with E-state index in [9.17, 15) is 8.42 Å². The molecular formula is C15H24N2O3S. The summed E-state index contributed by atoms with van der Waals surface area (Å²) < 4.78 is 32.7. The summed E-state index contributed by atoms with van der Waals surface area (Å²) in [7, 11) is -2.13. The van der Waals surface area contributed by atoms with E-state index in [1.165, 1.54) is 38.5 Å². The third-order valence-electron chi connectivity index (χ3n) is 4.30. The largest absolute Gasteiger partial charge is 0.495 e. The second kappa shape index (κ2) is 6.66. The summed E-state index contributed by atoms with van der Waals surface area (Å²) in [6.07, 6.45) is 4.69. The molecule has 1 fully saturated rings. The van der Waals surface area contributed by atoms with Crippen LogP contribution >= 0.6 is 0 Å². The number of methoxy groups -OCH3 is 1. The molecule has 1 saturated carbocycles. The Kier molecular flexibility index (Phi) is 5.11. The lowest BCUT2D eigenvalue weighted by molar-refractivity contribution is 0.257. The lowest BCUT2D eigenvalue weighted by Gasteiger charge is -2.28. The van der Waals surface area contributed by atoms with Crippen LogP contribution in [0.5, 0.6) is 5.75 Å². The molecule has 3 N–H and O–H groups in total. The van der Waals surface area contributed by atoms with Gasteiger partial charge in [-0.05, 0) is 30.4 Å². The van der Waals surface area contributed by atoms with E-state index in [1.54, 1.807) is 6.07 Å². The van der Waals surface area contributed by atoms with Gasteiger partial charge in [0, 0.05) is 18.3 Å². The van der Waals surface area contributed by atoms with Crippen molar-refractivity contribution in [2.75, 3.05) is 19.4 Å². The predicted octanol–water partition coefficient (Wildman–Crippen LogP) is 2.38. The molecule has 2 atom stereocenters. The number of hydrogen-bond acceptors (Lipinski definition) is 4. The molecule has 1 aliphatic rings. The minimum absolute atomic E-state index is 0.141. The van der Waals surface area contributed by atoms with Gasteiger partial charge in [-0.25, -0.2) is 13.1 Å². The molecular weight excluding hydrogens is 288 g/mol. The predicted molar refractivity (Wildman–Crippen MR) is 83.7 cm³/mol. The number of nitrogens with two attached hydrogens (primary N) is 1. The van der Waals surface area contributed by atoms with Gasteiger partial charge in [-0.2, -0.15) is 0 Å². The normalized spacial score (nSPS) is 23.0. The molecule has 0 spiro atoms. The first-order valence-electron chi connectivity index (χ1n) is 7.37. The van der Waals surface area contributed by atoms with E-state index in [1.807, 2.05) is 0 Å². The van der Waals surface area contributed by atoms with Crippen molar-refractivity contribution in [2.45, 2.75) is 37.5 Å². The first-order chi connectivity index (χ1) is 9.94. The number of anilines is 1. The van der Waals surface area contributed by atoms with Crippen LogP contribution in [0.3, 0.4) is 0 Å². The molecule has 0 heterocycles. The van der Waals surface area contributed by atoms with Crippen molar-refractivity contribution >= 4 is 15.7 Å². The molecule has 2 unspecified atom stereocenters. The van der Waals surface area contributed by atoms with E-state index >= 15 is 0 Å². The van der Waals surface area contributed by atoms with Crippen molar-refractivity contribution in [1.29, 1.82) is 0 Å². The summed E-state index contributed by atoms with van der Waals surface area (Å²) in [5.74, 6) is 1.25. The van der Waals surface area contributed by atoms with E-state index in [0.717, 1.165) is 6.42 Å². The maximum absolute atomic E-state index is 12.4. The second-order valence-electron chi connectivity index (χ2n) is 5.78. The van der Waals surface area contributed by atoms with Gasteiger partial charge in [0.05, 0.1) is 7.11 Å². The molecule has 0 aromatic heterocycles. The Morgan fingerprint density at radius 2 is 2.05 bits per heavy atom. The van der Waals surface area contributed by atoms with Crippen molar-refractivity contribution in [2.24, 2.45) is 11.8 Å². The average Bonchev–Trinajstić information content (AvgIpc) is 2.46. The summed E-state index contributed by atoms with van der Waals surface area (Å²) >= 11 is 0. The van der Waals surface area contributed by atoms with Crippen LogP contribution in [-0.4, -0.2) is 22.1 Å². The van der Waals surface area contributed by atoms with Crippen LogP contribution in [0, 0.1) is 11.8 Å². The van der Waals surface area contributed by atoms with Crippen LogP contribution in [0.25, 0.3) is 0 Å². The zero-order valence-corrected chi connectivity index (χ0v) is 13.4. The van der Waals surface area contributed by atoms with Gasteiger partial charge >= 0.3 is 0 Å². The van der Waals surface area contributed by atoms with Gasteiger partial charge in [0.15, 0.2) is 0 Å². The number of benzene rings is 1. The summed E-state index contributed by atoms with van der Waals surface area (Å²) in [4.78, 5) is 0.141. The highest BCUT2D eigenvalue weighted by atomic mass is 32.2. The standard InChI is InChI=1S/C15H24N2O3S/c1-11-5-3-4-6-12(11)10-17-21(18,19)15-8-7-13(16)9-14(15)20-2/h7-9,11-12,17H,3-6,10,16H2,1-2H3. The van der Waals surface area contributed by atoms with Crippen molar-refractivity contribution in [3.8, 4) is 5.75 Å². The Labute approximate surface area is 126 Å². The van der Waals surface area contributed by atoms with Gasteiger partial charge in [0.2, 0.25) is 10.0 Å². The smallest absolute Gasteiger partial charge is 0.244 e. The van der Waals surface area contributed by atoms with Gasteiger partial charge in [-0.1, -0.05) is 26.2 Å². The maximum atomic E-state index is 12.4. The Morgan fingerprint density at radius 1 is 1.33 bits per heavy atom. The molecule has 2 rings (SSSR count). The van der Waals surface area contributed by atoms with Crippen LogP contribution in [0.15, 0.2) is 23.1 Å². The Morgan fingerprint density at radius 3 is 2.71 bits per heavy atom. The first-order valence-corrected chi connectivity index (χ1v) is 8.85. The zero-order valence-electron chi connectivity index (χ0n) is 12.6. The summed E-state index contributed by atoms with van der Waals surface area (Å²) in [6.45, 7) is 2.68. The summed E-state index contributed by atoms with van der Waals surface area (Å²) in [6, 6.07) is 4.58. The number of ether oxygens (including phenoxy) is 1. The van der Waals surface area contributed by atoms with Gasteiger partial charge in [0.25, 0.3) is 0 Å². The number of rotatable bonds is 5. The van der Waals surface area contributed by atoms with E-state index in [4.69, 9.17) is 10.5 Å². The molecule has 1 aromatic rings. The molecule has 1 aromatic carbocycles. The zero-order chi connectivity index (χ0) is 15.5. The molecule has 6 heteroatoms. The molecule has 0 aliphatic heterocycles. The fraction of sp³-hybridized carbons (Fsp3) is 0.600. The van der Waals surface area contributed by atoms with Gasteiger partial charge in [-0.3, -0.25) is 0 Å². The highest BCUT2D eigenvalue weighted by molar-refractivity contribution is 7.89. The van der Waals surface area contributed by atoms with Crippen LogP contribution < -0.4 is 15.2 Å². The minimum atomic E-state index is -3.57. The first kappa shape index (κ1) is 16.1. The van der Waals surface area contributed by atoms with Gasteiger partial charge in [0.1, 0.15) is 10.6 Å². The fourth-order valence-electron chi connectivity index (χ4n) is 2.90. The average molecular weight is 312 g/mol. The Balaban J connectivity index is 2.11. The number of nitrogens with one attached hydrogen (secondary N) is 1. The van der Waals surface area contributed by atoms with Crippen molar-refractivity contribution in [1.82, 2.24) is 4.72 Å². The molecule has 0 bridgehead atoms. The van der Waals surface area contributed by atoms with Crippen LogP contribution in [0.4, 0.5) is 5.69 Å². The molecule has 21 heavy (non-hydrogen) atoms. The van der Waals surface area contributed by atoms with Gasteiger partial charge < -0.3 is 10.5 Å². The lowest BCUT2D eigenvalue weighted by Crippen LogP contribution is -2.33. The van der Waals surface area contributed by atoms with E-state index < -0.39 is 10.0 Å². The molecule has 5 nitrogen and oxygen atoms in total. The van der Waals surface area contributed by atoms with E-state index in [0.29, 0.717) is 24.1 Å². The maximum Gasteiger partial charge on any atom is 0.244 e. The fourth-order valence-corrected chi connectivity index (χ4v) is 4.14. The van der Waals surface area contributed by atoms with Gasteiger partial charge in [-0.15, -0.1) is 0 Å². The van der Waals surface area contributed by atoms with Crippen molar-refractivity contribution in [3.05, 3.63) is 18.2 Å². The highest BCUT2D eigenvalue weighted by Crippen LogP contribution is 2.30. The summed E-state index contributed by atoms with van der Waals surface area (Å²) in [5.41, 5.74) is 6.14. The minimum Gasteiger partial charge on any atom is -0.495 e. The number of nitrogen functional groups attached to an aromatic ring is 1. The van der Waals surface area contributed by atoms with Crippen LogP contribution in [-0.2, 0) is 10.0 Å². The monoisotopic (exact) mass is 312 g/mol. The molecule has 118 valence electrons. The summed E-state index contributed by atoms with van der Waals surface area (Å²) in [5, 5.41) is 0. The number of sulfonamides is 1. The SMILES string of the molecule is COc1cc(N)ccc1S(=O)(=O)NCC1CCCCC1C. The number of hydrogen-bond donors (Lipinski definition) is 2.